The SMILES string of the molecule is Cc1cc(NC(=O)c2ccc3[nH]c(-c4cccc(NC(=O)CC[S+](C)C)c4)nc3c2)ccc1N(CCCl)CCCl.[I-]. The van der Waals surface area contributed by atoms with Crippen molar-refractivity contribution in [1.82, 2.24) is 9.97 Å². The molecule has 7 nitrogen and oxygen atoms in total. The molecule has 2 amide bonds. The molecule has 3 N–H and O–H groups in total. The van der Waals surface area contributed by atoms with Gasteiger partial charge in [0.05, 0.1) is 30.0 Å². The molecule has 0 saturated carbocycles. The second kappa shape index (κ2) is 15.7. The van der Waals surface area contributed by atoms with Crippen molar-refractivity contribution in [2.24, 2.45) is 0 Å². The van der Waals surface area contributed by atoms with E-state index in [-0.39, 0.29) is 46.7 Å². The molecular weight excluding hydrogens is 692 g/mol. The Hall–Kier alpha value is -2.47. The number of H-pyrrole nitrogens is 1. The van der Waals surface area contributed by atoms with Gasteiger partial charge < -0.3 is 44.5 Å². The summed E-state index contributed by atoms with van der Waals surface area (Å²) in [5, 5.41) is 5.96. The predicted molar refractivity (Wildman–Crippen MR) is 172 cm³/mol. The normalized spacial score (nSPS) is 10.9. The number of aryl methyl sites for hydroxylation is 1. The first-order chi connectivity index (χ1) is 19.3. The molecule has 0 aliphatic carbocycles. The fourth-order valence-electron chi connectivity index (χ4n) is 4.40. The number of imidazole rings is 1. The van der Waals surface area contributed by atoms with Gasteiger partial charge in [0, 0.05) is 53.0 Å². The predicted octanol–water partition coefficient (Wildman–Crippen LogP) is 3.29. The van der Waals surface area contributed by atoms with Crippen LogP contribution in [0.15, 0.2) is 60.7 Å². The summed E-state index contributed by atoms with van der Waals surface area (Å²) in [7, 11) is 0.226. The zero-order valence-corrected chi connectivity index (χ0v) is 27.8. The topological polar surface area (TPSA) is 90.1 Å². The van der Waals surface area contributed by atoms with E-state index < -0.39 is 0 Å². The number of hydrogen-bond acceptors (Lipinski definition) is 4. The van der Waals surface area contributed by atoms with E-state index in [1.165, 1.54) is 0 Å². The van der Waals surface area contributed by atoms with Crippen LogP contribution in [0.3, 0.4) is 0 Å². The number of fused-ring (bicyclic) bond motifs is 1. The van der Waals surface area contributed by atoms with Crippen LogP contribution in [-0.4, -0.2) is 64.9 Å². The first-order valence-electron chi connectivity index (χ1n) is 13.0. The number of nitrogens with zero attached hydrogens (tertiary/aromatic N) is 2. The molecule has 1 aromatic heterocycles. The van der Waals surface area contributed by atoms with Crippen LogP contribution in [0.1, 0.15) is 22.3 Å². The minimum Gasteiger partial charge on any atom is -1.00 e. The second-order valence-corrected chi connectivity index (χ2v) is 12.8. The Balaban J connectivity index is 0.00000462. The van der Waals surface area contributed by atoms with E-state index >= 15 is 0 Å². The molecule has 11 heteroatoms. The van der Waals surface area contributed by atoms with Crippen molar-refractivity contribution in [3.05, 3.63) is 71.8 Å². The molecule has 0 fully saturated rings. The van der Waals surface area contributed by atoms with Crippen LogP contribution >= 0.6 is 23.2 Å². The molecule has 41 heavy (non-hydrogen) atoms. The zero-order chi connectivity index (χ0) is 28.6. The number of alkyl halides is 2. The quantitative estimate of drug-likeness (QED) is 0.119. The van der Waals surface area contributed by atoms with Crippen molar-refractivity contribution in [2.45, 2.75) is 13.3 Å². The number of hydrogen-bond donors (Lipinski definition) is 3. The standard InChI is InChI=1S/C30H33Cl2N5O2S.HI/c1-20-17-24(8-10-27(20)37(14-12-31)15-13-32)34-30(39)22-7-9-25-26(19-22)36-29(35-25)21-5-4-6-23(18-21)33-28(38)11-16-40(2)3;/h4-10,17-19H,11-16H2,1-3H3,(H2-,33,34,35,36,38,39);1H. The largest absolute Gasteiger partial charge is 1.00 e. The Morgan fingerprint density at radius 3 is 2.37 bits per heavy atom. The minimum absolute atomic E-state index is 0. The van der Waals surface area contributed by atoms with Crippen molar-refractivity contribution in [2.75, 3.05) is 58.6 Å². The van der Waals surface area contributed by atoms with Crippen molar-refractivity contribution in [1.29, 1.82) is 0 Å². The number of halogens is 3. The van der Waals surface area contributed by atoms with E-state index in [4.69, 9.17) is 28.2 Å². The Kier molecular flexibility index (Phi) is 12.6. The first-order valence-corrected chi connectivity index (χ1v) is 16.3. The molecule has 0 saturated heterocycles. The Morgan fingerprint density at radius 1 is 0.951 bits per heavy atom. The maximum absolute atomic E-state index is 13.1. The van der Waals surface area contributed by atoms with Gasteiger partial charge in [-0.25, -0.2) is 4.98 Å². The van der Waals surface area contributed by atoms with Crippen LogP contribution in [0, 0.1) is 6.92 Å². The lowest BCUT2D eigenvalue weighted by Crippen LogP contribution is -3.00. The molecule has 4 rings (SSSR count). The van der Waals surface area contributed by atoms with Gasteiger partial charge in [-0.1, -0.05) is 12.1 Å². The van der Waals surface area contributed by atoms with Gasteiger partial charge >= 0.3 is 0 Å². The highest BCUT2D eigenvalue weighted by atomic mass is 127. The highest BCUT2D eigenvalue weighted by molar-refractivity contribution is 7.95. The third-order valence-corrected chi connectivity index (χ3v) is 7.77. The van der Waals surface area contributed by atoms with Crippen LogP contribution in [0.25, 0.3) is 22.4 Å². The molecule has 0 aliphatic heterocycles. The maximum atomic E-state index is 13.1. The molecule has 0 spiro atoms. The van der Waals surface area contributed by atoms with Gasteiger partial charge in [-0.3, -0.25) is 9.59 Å². The number of nitrogens with one attached hydrogen (secondary N) is 3. The zero-order valence-electron chi connectivity index (χ0n) is 23.3. The highest BCUT2D eigenvalue weighted by Crippen LogP contribution is 2.26. The van der Waals surface area contributed by atoms with Crippen molar-refractivity contribution in [3.8, 4) is 11.4 Å². The van der Waals surface area contributed by atoms with Crippen LogP contribution in [0.2, 0.25) is 0 Å². The fraction of sp³-hybridized carbons (Fsp3) is 0.300. The molecule has 0 atom stereocenters. The smallest absolute Gasteiger partial charge is 0.255 e. The molecule has 218 valence electrons. The summed E-state index contributed by atoms with van der Waals surface area (Å²) < 4.78 is 0. The summed E-state index contributed by atoms with van der Waals surface area (Å²) in [5.74, 6) is 2.34. The van der Waals surface area contributed by atoms with Gasteiger partial charge in [-0.2, -0.15) is 0 Å². The van der Waals surface area contributed by atoms with Gasteiger partial charge in [-0.05, 0) is 71.9 Å². The lowest BCUT2D eigenvalue weighted by molar-refractivity contribution is -0.115. The third kappa shape index (κ3) is 9.01. The fourth-order valence-corrected chi connectivity index (χ4v) is 5.40. The summed E-state index contributed by atoms with van der Waals surface area (Å²) in [6.07, 6.45) is 4.76. The Bertz CT molecular complexity index is 1490. The van der Waals surface area contributed by atoms with Crippen LogP contribution in [0.4, 0.5) is 17.1 Å². The summed E-state index contributed by atoms with van der Waals surface area (Å²) in [6, 6.07) is 18.8. The van der Waals surface area contributed by atoms with Crippen molar-refractivity contribution >= 4 is 74.0 Å². The van der Waals surface area contributed by atoms with Crippen LogP contribution < -0.4 is 39.5 Å². The van der Waals surface area contributed by atoms with Crippen LogP contribution in [-0.2, 0) is 15.7 Å². The monoisotopic (exact) mass is 725 g/mol. The highest BCUT2D eigenvalue weighted by Gasteiger charge is 2.14. The van der Waals surface area contributed by atoms with Gasteiger partial charge in [0.25, 0.3) is 5.91 Å². The third-order valence-electron chi connectivity index (χ3n) is 6.41. The molecule has 0 aliphatic rings. The number of carbonyl (C=O) groups is 2. The van der Waals surface area contributed by atoms with Gasteiger partial charge in [0.15, 0.2) is 0 Å². The van der Waals surface area contributed by atoms with Gasteiger partial charge in [0.2, 0.25) is 5.91 Å². The van der Waals surface area contributed by atoms with E-state index in [0.29, 0.717) is 53.9 Å². The minimum atomic E-state index is -0.219. The van der Waals surface area contributed by atoms with E-state index in [9.17, 15) is 9.59 Å². The number of aromatic nitrogens is 2. The lowest BCUT2D eigenvalue weighted by Gasteiger charge is -2.25. The van der Waals surface area contributed by atoms with Gasteiger partial charge in [0.1, 0.15) is 11.6 Å². The van der Waals surface area contributed by atoms with E-state index in [1.807, 2.05) is 55.5 Å². The number of anilines is 3. The molecule has 3 aromatic carbocycles. The van der Waals surface area contributed by atoms with E-state index in [0.717, 1.165) is 33.8 Å². The van der Waals surface area contributed by atoms with E-state index in [1.54, 1.807) is 12.1 Å². The number of benzene rings is 3. The number of rotatable bonds is 12. The average molecular weight is 727 g/mol. The molecule has 0 radical (unpaired) electrons. The average Bonchev–Trinajstić information content (AvgIpc) is 3.36. The number of amides is 2. The second-order valence-electron chi connectivity index (χ2n) is 9.71. The summed E-state index contributed by atoms with van der Waals surface area (Å²) in [6.45, 7) is 3.40. The number of carbonyl (C=O) groups excluding carboxylic acids is 2. The van der Waals surface area contributed by atoms with Gasteiger partial charge in [-0.15, -0.1) is 23.2 Å². The summed E-state index contributed by atoms with van der Waals surface area (Å²) in [4.78, 5) is 35.5. The van der Waals surface area contributed by atoms with Crippen LogP contribution in [0.5, 0.6) is 0 Å². The molecule has 4 aromatic rings. The Labute approximate surface area is 271 Å². The first kappa shape index (κ1) is 33.0. The van der Waals surface area contributed by atoms with Crippen molar-refractivity contribution in [3.63, 3.8) is 0 Å². The summed E-state index contributed by atoms with van der Waals surface area (Å²) >= 11 is 11.9. The maximum Gasteiger partial charge on any atom is 0.255 e. The lowest BCUT2D eigenvalue weighted by atomic mass is 10.1. The molecule has 0 bridgehead atoms. The Morgan fingerprint density at radius 2 is 1.68 bits per heavy atom. The summed E-state index contributed by atoms with van der Waals surface area (Å²) in [5.41, 5.74) is 6.35. The van der Waals surface area contributed by atoms with Crippen molar-refractivity contribution < 1.29 is 33.6 Å². The molecule has 1 heterocycles. The van der Waals surface area contributed by atoms with E-state index in [2.05, 4.69) is 33.0 Å². The number of aromatic amines is 1. The molecule has 0 unspecified atom stereocenters. The molecular formula is C30H34Cl2IN5O2S.